The first-order valence-electron chi connectivity index (χ1n) is 8.55. The van der Waals surface area contributed by atoms with Crippen LogP contribution >= 0.6 is 11.3 Å². The van der Waals surface area contributed by atoms with E-state index in [9.17, 15) is 9.59 Å². The van der Waals surface area contributed by atoms with Crippen LogP contribution in [0.25, 0.3) is 11.3 Å². The van der Waals surface area contributed by atoms with Crippen LogP contribution in [0.15, 0.2) is 23.6 Å². The van der Waals surface area contributed by atoms with E-state index in [1.165, 1.54) is 18.3 Å². The van der Waals surface area contributed by atoms with Gasteiger partial charge in [-0.25, -0.2) is 4.98 Å². The van der Waals surface area contributed by atoms with Crippen LogP contribution in [-0.2, 0) is 0 Å². The topological polar surface area (TPSA) is 93.3 Å². The number of aryl methyl sites for hydroxylation is 1. The minimum absolute atomic E-state index is 0.0769. The summed E-state index contributed by atoms with van der Waals surface area (Å²) in [5, 5.41) is 5.07. The Hall–Kier alpha value is -3.13. The summed E-state index contributed by atoms with van der Waals surface area (Å²) in [6, 6.07) is 5.44. The minimum atomic E-state index is -0.341. The molecule has 0 saturated heterocycles. The number of hydrogen-bond acceptors (Lipinski definition) is 6. The van der Waals surface area contributed by atoms with Crippen molar-refractivity contribution in [2.75, 3.05) is 19.5 Å². The first-order valence-corrected chi connectivity index (χ1v) is 9.43. The second-order valence-electron chi connectivity index (χ2n) is 6.24. The molecule has 3 rings (SSSR count). The van der Waals surface area contributed by atoms with Gasteiger partial charge in [0.1, 0.15) is 17.2 Å². The number of nitrogens with zero attached hydrogens (tertiary/aromatic N) is 1. The number of amides is 1. The highest BCUT2D eigenvalue weighted by Crippen LogP contribution is 2.35. The fourth-order valence-corrected chi connectivity index (χ4v) is 3.84. The zero-order valence-corrected chi connectivity index (χ0v) is 17.1. The number of ether oxygens (including phenoxy) is 2. The number of hydrogen-bond donors (Lipinski definition) is 2. The molecule has 0 aliphatic heterocycles. The maximum absolute atomic E-state index is 12.7. The first kappa shape index (κ1) is 19.6. The molecule has 28 heavy (non-hydrogen) atoms. The van der Waals surface area contributed by atoms with Gasteiger partial charge in [-0.3, -0.25) is 14.9 Å². The number of rotatable bonds is 6. The number of aromatic nitrogens is 2. The van der Waals surface area contributed by atoms with Crippen LogP contribution < -0.4 is 14.8 Å². The highest BCUT2D eigenvalue weighted by molar-refractivity contribution is 7.14. The second-order valence-corrected chi connectivity index (χ2v) is 7.10. The highest BCUT2D eigenvalue weighted by Gasteiger charge is 2.21. The predicted octanol–water partition coefficient (Wildman–Crippen LogP) is 4.23. The third-order valence-corrected chi connectivity index (χ3v) is 5.18. The van der Waals surface area contributed by atoms with Crippen molar-refractivity contribution < 1.29 is 19.1 Å². The van der Waals surface area contributed by atoms with Crippen LogP contribution in [0.1, 0.15) is 39.0 Å². The molecular formula is C20H21N3O4S. The van der Waals surface area contributed by atoms with E-state index in [1.807, 2.05) is 11.4 Å². The summed E-state index contributed by atoms with van der Waals surface area (Å²) in [6.45, 7) is 5.01. The summed E-state index contributed by atoms with van der Waals surface area (Å²) in [6.07, 6.45) is 0. The van der Waals surface area contributed by atoms with E-state index in [0.29, 0.717) is 44.8 Å². The van der Waals surface area contributed by atoms with E-state index >= 15 is 0 Å². The summed E-state index contributed by atoms with van der Waals surface area (Å²) < 4.78 is 10.7. The average Bonchev–Trinajstić information content (AvgIpc) is 3.24. The van der Waals surface area contributed by atoms with Gasteiger partial charge in [-0.05, 0) is 44.5 Å². The maximum Gasteiger partial charge on any atom is 0.274 e. The molecule has 7 nitrogen and oxygen atoms in total. The van der Waals surface area contributed by atoms with Crippen molar-refractivity contribution in [3.05, 3.63) is 46.1 Å². The molecule has 0 saturated carbocycles. The molecule has 0 atom stereocenters. The number of methoxy groups -OCH3 is 2. The molecule has 0 spiro atoms. The Morgan fingerprint density at radius 3 is 2.54 bits per heavy atom. The van der Waals surface area contributed by atoms with E-state index in [-0.39, 0.29) is 11.7 Å². The van der Waals surface area contributed by atoms with Crippen LogP contribution in [0.5, 0.6) is 11.5 Å². The number of carbonyl (C=O) groups excluding carboxylic acids is 2. The van der Waals surface area contributed by atoms with Gasteiger partial charge in [0.05, 0.1) is 19.9 Å². The lowest BCUT2D eigenvalue weighted by Gasteiger charge is -2.08. The molecule has 1 aromatic carbocycles. The fourth-order valence-electron chi connectivity index (χ4n) is 3.13. The van der Waals surface area contributed by atoms with E-state index < -0.39 is 0 Å². The number of H-pyrrole nitrogens is 1. The predicted molar refractivity (Wildman–Crippen MR) is 109 cm³/mol. The van der Waals surface area contributed by atoms with Gasteiger partial charge < -0.3 is 14.5 Å². The highest BCUT2D eigenvalue weighted by atomic mass is 32.1. The van der Waals surface area contributed by atoms with Crippen molar-refractivity contribution >= 4 is 28.2 Å². The molecule has 0 radical (unpaired) electrons. The van der Waals surface area contributed by atoms with Gasteiger partial charge in [-0.15, -0.1) is 11.3 Å². The van der Waals surface area contributed by atoms with Gasteiger partial charge in [0.2, 0.25) is 0 Å². The average molecular weight is 399 g/mol. The van der Waals surface area contributed by atoms with E-state index in [2.05, 4.69) is 15.3 Å². The number of carbonyl (C=O) groups is 2. The summed E-state index contributed by atoms with van der Waals surface area (Å²) in [5.74, 6) is 0.924. The Balaban J connectivity index is 1.87. The van der Waals surface area contributed by atoms with Gasteiger partial charge in [0.15, 0.2) is 10.9 Å². The standard InChI is InChI=1S/C20H21N3O4S/c1-10-17(12(3)24)11(2)21-18(10)19(25)23-20-22-15(9-28-20)14-8-13(26-4)6-7-16(14)27-5/h6-9,21H,1-5H3,(H,22,23,25). The molecule has 2 heterocycles. The SMILES string of the molecule is COc1ccc(OC)c(-c2csc(NC(=O)c3[nH]c(C)c(C(C)=O)c3C)n2)c1. The minimum Gasteiger partial charge on any atom is -0.497 e. The van der Waals surface area contributed by atoms with Crippen molar-refractivity contribution in [2.45, 2.75) is 20.8 Å². The monoisotopic (exact) mass is 399 g/mol. The molecule has 3 aromatic rings. The molecule has 146 valence electrons. The Bertz CT molecular complexity index is 1050. The lowest BCUT2D eigenvalue weighted by Crippen LogP contribution is -2.13. The normalized spacial score (nSPS) is 10.6. The summed E-state index contributed by atoms with van der Waals surface area (Å²) in [5.41, 5.74) is 3.65. The molecular weight excluding hydrogens is 378 g/mol. The number of anilines is 1. The Morgan fingerprint density at radius 2 is 1.93 bits per heavy atom. The van der Waals surface area contributed by atoms with Gasteiger partial charge in [0, 0.05) is 22.2 Å². The van der Waals surface area contributed by atoms with Crippen molar-refractivity contribution in [1.82, 2.24) is 9.97 Å². The second kappa shape index (κ2) is 7.85. The number of thiazole rings is 1. The molecule has 0 fully saturated rings. The Labute approximate surface area is 166 Å². The lowest BCUT2D eigenvalue weighted by atomic mass is 10.1. The molecule has 0 unspecified atom stereocenters. The van der Waals surface area contributed by atoms with E-state index in [1.54, 1.807) is 40.2 Å². The van der Waals surface area contributed by atoms with Crippen molar-refractivity contribution in [3.63, 3.8) is 0 Å². The number of Topliss-reactive ketones (excluding diaryl/α,β-unsaturated/α-hetero) is 1. The molecule has 0 aliphatic rings. The molecule has 0 bridgehead atoms. The van der Waals surface area contributed by atoms with Crippen LogP contribution in [0.4, 0.5) is 5.13 Å². The van der Waals surface area contributed by atoms with Gasteiger partial charge in [-0.1, -0.05) is 0 Å². The Kier molecular flexibility index (Phi) is 5.51. The van der Waals surface area contributed by atoms with Crippen molar-refractivity contribution in [3.8, 4) is 22.8 Å². The quantitative estimate of drug-likeness (QED) is 0.605. The van der Waals surface area contributed by atoms with Crippen LogP contribution in [0.2, 0.25) is 0 Å². The summed E-state index contributed by atoms with van der Waals surface area (Å²) >= 11 is 1.30. The third-order valence-electron chi connectivity index (χ3n) is 4.42. The van der Waals surface area contributed by atoms with Crippen molar-refractivity contribution in [2.24, 2.45) is 0 Å². The lowest BCUT2D eigenvalue weighted by molar-refractivity contribution is 0.101. The van der Waals surface area contributed by atoms with Crippen LogP contribution in [0.3, 0.4) is 0 Å². The summed E-state index contributed by atoms with van der Waals surface area (Å²) in [4.78, 5) is 31.9. The van der Waals surface area contributed by atoms with Gasteiger partial charge in [0.25, 0.3) is 5.91 Å². The van der Waals surface area contributed by atoms with Gasteiger partial charge in [-0.2, -0.15) is 0 Å². The smallest absolute Gasteiger partial charge is 0.274 e. The maximum atomic E-state index is 12.7. The van der Waals surface area contributed by atoms with Gasteiger partial charge >= 0.3 is 0 Å². The van der Waals surface area contributed by atoms with E-state index in [4.69, 9.17) is 9.47 Å². The number of nitrogens with one attached hydrogen (secondary N) is 2. The number of ketones is 1. The fraction of sp³-hybridized carbons (Fsp3) is 0.250. The molecule has 1 amide bonds. The van der Waals surface area contributed by atoms with Crippen molar-refractivity contribution in [1.29, 1.82) is 0 Å². The zero-order chi connectivity index (χ0) is 20.4. The van der Waals surface area contributed by atoms with Crippen LogP contribution in [-0.4, -0.2) is 35.9 Å². The molecule has 2 aromatic heterocycles. The number of benzene rings is 1. The first-order chi connectivity index (χ1) is 13.3. The van der Waals surface area contributed by atoms with E-state index in [0.717, 1.165) is 5.56 Å². The molecule has 0 aliphatic carbocycles. The summed E-state index contributed by atoms with van der Waals surface area (Å²) in [7, 11) is 3.18. The zero-order valence-electron chi connectivity index (χ0n) is 16.3. The Morgan fingerprint density at radius 1 is 1.18 bits per heavy atom. The van der Waals surface area contributed by atoms with Crippen LogP contribution in [0, 0.1) is 13.8 Å². The molecule has 8 heteroatoms. The largest absolute Gasteiger partial charge is 0.497 e. The number of aromatic amines is 1. The molecule has 2 N–H and O–H groups in total. The third kappa shape index (κ3) is 3.63.